The Morgan fingerprint density at radius 2 is 2.06 bits per heavy atom. The molecule has 0 atom stereocenters. The summed E-state index contributed by atoms with van der Waals surface area (Å²) in [5.41, 5.74) is 2.37. The third kappa shape index (κ3) is 2.55. The Morgan fingerprint density at radius 3 is 2.71 bits per heavy atom. The van der Waals surface area contributed by atoms with Gasteiger partial charge < -0.3 is 4.98 Å². The summed E-state index contributed by atoms with van der Waals surface area (Å²) in [6, 6.07) is 5.65. The van der Waals surface area contributed by atoms with Crippen molar-refractivity contribution in [2.75, 3.05) is 12.0 Å². The van der Waals surface area contributed by atoms with Crippen molar-refractivity contribution >= 4 is 26.5 Å². The molecule has 0 saturated heterocycles. The summed E-state index contributed by atoms with van der Waals surface area (Å²) in [7, 11) is -3.29. The number of carbonyl (C=O) groups is 1. The lowest BCUT2D eigenvalue weighted by Gasteiger charge is -1.98. The Hall–Kier alpha value is -1.62. The fraction of sp³-hybridized carbons (Fsp3) is 0.250. The molecule has 0 amide bonds. The highest BCUT2D eigenvalue weighted by Gasteiger charge is 2.16. The van der Waals surface area contributed by atoms with Gasteiger partial charge in [-0.05, 0) is 18.6 Å². The average Bonchev–Trinajstić information content (AvgIpc) is 2.57. The van der Waals surface area contributed by atoms with Gasteiger partial charge in [0, 0.05) is 28.9 Å². The van der Waals surface area contributed by atoms with E-state index >= 15 is 0 Å². The number of sulfone groups is 1. The zero-order valence-corrected chi connectivity index (χ0v) is 10.5. The molecular weight excluding hydrogens is 238 g/mol. The fourth-order valence-electron chi connectivity index (χ4n) is 1.79. The van der Waals surface area contributed by atoms with E-state index in [1.54, 1.807) is 6.20 Å². The molecule has 0 aliphatic rings. The summed E-state index contributed by atoms with van der Waals surface area (Å²) >= 11 is 0. The molecule has 1 aromatic carbocycles. The van der Waals surface area contributed by atoms with Gasteiger partial charge in [-0.1, -0.05) is 12.1 Å². The van der Waals surface area contributed by atoms with Crippen molar-refractivity contribution in [1.29, 1.82) is 0 Å². The van der Waals surface area contributed by atoms with Gasteiger partial charge in [0.15, 0.2) is 15.6 Å². The van der Waals surface area contributed by atoms with E-state index in [4.69, 9.17) is 0 Å². The van der Waals surface area contributed by atoms with E-state index in [1.807, 2.05) is 25.1 Å². The molecule has 1 N–H and O–H groups in total. The SMILES string of the molecule is Cc1ccc2c(C(=O)CS(C)(=O)=O)c[nH]c2c1. The van der Waals surface area contributed by atoms with Crippen LogP contribution in [0.2, 0.25) is 0 Å². The number of carbonyl (C=O) groups excluding carboxylic acids is 1. The van der Waals surface area contributed by atoms with Crippen molar-refractivity contribution in [3.8, 4) is 0 Å². The molecule has 2 rings (SSSR count). The second-order valence-electron chi connectivity index (χ2n) is 4.24. The van der Waals surface area contributed by atoms with Crippen LogP contribution in [0.3, 0.4) is 0 Å². The molecule has 17 heavy (non-hydrogen) atoms. The van der Waals surface area contributed by atoms with Crippen molar-refractivity contribution in [2.45, 2.75) is 6.92 Å². The molecule has 5 heteroatoms. The minimum atomic E-state index is -3.29. The summed E-state index contributed by atoms with van der Waals surface area (Å²) in [5.74, 6) is -0.823. The van der Waals surface area contributed by atoms with Crippen LogP contribution in [0.4, 0.5) is 0 Å². The molecule has 90 valence electrons. The van der Waals surface area contributed by atoms with Gasteiger partial charge >= 0.3 is 0 Å². The third-order valence-corrected chi connectivity index (χ3v) is 3.32. The summed E-state index contributed by atoms with van der Waals surface area (Å²) in [6.45, 7) is 1.96. The Morgan fingerprint density at radius 1 is 1.35 bits per heavy atom. The zero-order valence-electron chi connectivity index (χ0n) is 9.65. The Kier molecular flexibility index (Phi) is 2.79. The largest absolute Gasteiger partial charge is 0.360 e. The number of rotatable bonds is 3. The first-order valence-corrected chi connectivity index (χ1v) is 7.21. The van der Waals surface area contributed by atoms with Gasteiger partial charge in [-0.2, -0.15) is 0 Å². The number of H-pyrrole nitrogens is 1. The molecule has 0 saturated carbocycles. The van der Waals surface area contributed by atoms with Crippen LogP contribution in [0.1, 0.15) is 15.9 Å². The van der Waals surface area contributed by atoms with Gasteiger partial charge in [0.2, 0.25) is 0 Å². The van der Waals surface area contributed by atoms with Gasteiger partial charge in [0.05, 0.1) is 0 Å². The first kappa shape index (κ1) is 11.9. The van der Waals surface area contributed by atoms with E-state index in [0.29, 0.717) is 5.56 Å². The number of fused-ring (bicyclic) bond motifs is 1. The molecule has 0 unspecified atom stereocenters. The van der Waals surface area contributed by atoms with Crippen LogP contribution in [-0.2, 0) is 9.84 Å². The predicted molar refractivity (Wildman–Crippen MR) is 67.1 cm³/mol. The lowest BCUT2D eigenvalue weighted by molar-refractivity contribution is 0.102. The molecule has 2 aromatic rings. The monoisotopic (exact) mass is 251 g/mol. The maximum absolute atomic E-state index is 11.8. The number of hydrogen-bond acceptors (Lipinski definition) is 3. The number of benzene rings is 1. The predicted octanol–water partition coefficient (Wildman–Crippen LogP) is 1.70. The first-order valence-electron chi connectivity index (χ1n) is 5.15. The smallest absolute Gasteiger partial charge is 0.179 e. The van der Waals surface area contributed by atoms with Crippen LogP contribution in [0.25, 0.3) is 10.9 Å². The molecular formula is C12H13NO3S. The minimum absolute atomic E-state index is 0.373. The van der Waals surface area contributed by atoms with Crippen LogP contribution in [0.15, 0.2) is 24.4 Å². The number of aromatic nitrogens is 1. The normalized spacial score (nSPS) is 11.9. The standard InChI is InChI=1S/C12H13NO3S/c1-8-3-4-9-10(6-13-11(9)5-8)12(14)7-17(2,15)16/h3-6,13H,7H2,1-2H3. The second-order valence-corrected chi connectivity index (χ2v) is 6.38. The highest BCUT2D eigenvalue weighted by atomic mass is 32.2. The molecule has 0 aliphatic carbocycles. The van der Waals surface area contributed by atoms with E-state index in [9.17, 15) is 13.2 Å². The van der Waals surface area contributed by atoms with Gasteiger partial charge in [-0.25, -0.2) is 8.42 Å². The molecule has 0 aliphatic heterocycles. The molecule has 4 nitrogen and oxygen atoms in total. The molecule has 0 spiro atoms. The van der Waals surface area contributed by atoms with E-state index in [0.717, 1.165) is 22.7 Å². The van der Waals surface area contributed by atoms with Gasteiger partial charge in [-0.3, -0.25) is 4.79 Å². The quantitative estimate of drug-likeness (QED) is 0.844. The minimum Gasteiger partial charge on any atom is -0.360 e. The van der Waals surface area contributed by atoms with Gasteiger partial charge in [0.1, 0.15) is 5.75 Å². The third-order valence-electron chi connectivity index (χ3n) is 2.53. The number of Topliss-reactive ketones (excluding diaryl/α,β-unsaturated/α-hetero) is 1. The lowest BCUT2D eigenvalue weighted by Crippen LogP contribution is -2.14. The fourth-order valence-corrected chi connectivity index (χ4v) is 2.42. The maximum Gasteiger partial charge on any atom is 0.179 e. The highest BCUT2D eigenvalue weighted by Crippen LogP contribution is 2.20. The number of aromatic amines is 1. The first-order chi connectivity index (χ1) is 7.87. The maximum atomic E-state index is 11.8. The molecule has 1 aromatic heterocycles. The Bertz CT molecular complexity index is 683. The molecule has 0 radical (unpaired) electrons. The van der Waals surface area contributed by atoms with E-state index < -0.39 is 15.6 Å². The summed E-state index contributed by atoms with van der Waals surface area (Å²) in [6.07, 6.45) is 2.63. The van der Waals surface area contributed by atoms with Crippen LogP contribution in [-0.4, -0.2) is 31.2 Å². The second kappa shape index (κ2) is 4.00. The van der Waals surface area contributed by atoms with E-state index in [1.165, 1.54) is 0 Å². The van der Waals surface area contributed by atoms with E-state index in [-0.39, 0.29) is 5.78 Å². The summed E-state index contributed by atoms with van der Waals surface area (Å²) in [5, 5.41) is 0.768. The van der Waals surface area contributed by atoms with Crippen molar-refractivity contribution in [2.24, 2.45) is 0 Å². The van der Waals surface area contributed by atoms with Gasteiger partial charge in [-0.15, -0.1) is 0 Å². The number of nitrogens with one attached hydrogen (secondary N) is 1. The van der Waals surface area contributed by atoms with Crippen LogP contribution < -0.4 is 0 Å². The van der Waals surface area contributed by atoms with Crippen LogP contribution >= 0.6 is 0 Å². The number of aryl methyl sites for hydroxylation is 1. The highest BCUT2D eigenvalue weighted by molar-refractivity contribution is 7.91. The zero-order chi connectivity index (χ0) is 12.6. The van der Waals surface area contributed by atoms with Crippen LogP contribution in [0.5, 0.6) is 0 Å². The number of ketones is 1. The Balaban J connectivity index is 2.46. The Labute approximate surface area is 99.6 Å². The summed E-state index contributed by atoms with van der Waals surface area (Å²) < 4.78 is 22.2. The summed E-state index contributed by atoms with van der Waals surface area (Å²) in [4.78, 5) is 14.8. The van der Waals surface area contributed by atoms with Crippen molar-refractivity contribution in [1.82, 2.24) is 4.98 Å². The topological polar surface area (TPSA) is 67.0 Å². The molecule has 1 heterocycles. The van der Waals surface area contributed by atoms with Crippen LogP contribution in [0, 0.1) is 6.92 Å². The van der Waals surface area contributed by atoms with Gasteiger partial charge in [0.25, 0.3) is 0 Å². The van der Waals surface area contributed by atoms with Crippen molar-refractivity contribution < 1.29 is 13.2 Å². The van der Waals surface area contributed by atoms with E-state index in [2.05, 4.69) is 4.98 Å². The average molecular weight is 251 g/mol. The lowest BCUT2D eigenvalue weighted by atomic mass is 10.1. The molecule has 0 fully saturated rings. The van der Waals surface area contributed by atoms with Crippen molar-refractivity contribution in [3.63, 3.8) is 0 Å². The number of hydrogen-bond donors (Lipinski definition) is 1. The molecule has 0 bridgehead atoms. The van der Waals surface area contributed by atoms with Crippen molar-refractivity contribution in [3.05, 3.63) is 35.5 Å².